The Morgan fingerprint density at radius 2 is 1.42 bits per heavy atom. The highest BCUT2D eigenvalue weighted by atomic mass is 16.5. The van der Waals surface area contributed by atoms with Crippen molar-refractivity contribution in [3.8, 4) is 5.75 Å². The molecule has 0 fully saturated rings. The third-order valence-corrected chi connectivity index (χ3v) is 5.72. The van der Waals surface area contributed by atoms with E-state index in [4.69, 9.17) is 10.5 Å². The van der Waals surface area contributed by atoms with Crippen LogP contribution in [0.3, 0.4) is 0 Å². The number of nitrogens with two attached hydrogens (primary N) is 1. The number of fused-ring (bicyclic) bond motifs is 1. The van der Waals surface area contributed by atoms with E-state index in [1.165, 1.54) is 57.8 Å². The Morgan fingerprint density at radius 1 is 0.871 bits per heavy atom. The van der Waals surface area contributed by atoms with E-state index in [2.05, 4.69) is 6.92 Å². The zero-order chi connectivity index (χ0) is 22.5. The van der Waals surface area contributed by atoms with E-state index in [0.717, 1.165) is 19.3 Å². The second kappa shape index (κ2) is 13.7. The number of benzene rings is 2. The number of carbonyl (C=O) groups excluding carboxylic acids is 2. The van der Waals surface area contributed by atoms with Gasteiger partial charge >= 0.3 is 5.97 Å². The van der Waals surface area contributed by atoms with Gasteiger partial charge in [0.25, 0.3) is 5.91 Å². The van der Waals surface area contributed by atoms with E-state index < -0.39 is 17.6 Å². The molecule has 2 aromatic carbocycles. The number of amides is 1. The van der Waals surface area contributed by atoms with Gasteiger partial charge in [-0.2, -0.15) is 0 Å². The maximum Gasteiger partial charge on any atom is 0.341 e. The third kappa shape index (κ3) is 7.89. The van der Waals surface area contributed by atoms with E-state index in [-0.39, 0.29) is 11.1 Å². The van der Waals surface area contributed by atoms with Crippen LogP contribution in [0.1, 0.15) is 105 Å². The van der Waals surface area contributed by atoms with Gasteiger partial charge in [-0.25, -0.2) is 4.79 Å². The zero-order valence-electron chi connectivity index (χ0n) is 18.8. The topological polar surface area (TPSA) is 89.6 Å². The molecule has 0 aromatic heterocycles. The van der Waals surface area contributed by atoms with Crippen molar-refractivity contribution in [3.05, 3.63) is 41.5 Å². The fourth-order valence-electron chi connectivity index (χ4n) is 3.93. The first-order chi connectivity index (χ1) is 15.1. The summed E-state index contributed by atoms with van der Waals surface area (Å²) >= 11 is 0. The molecule has 0 saturated carbocycles. The molecule has 170 valence electrons. The number of primary amides is 1. The summed E-state index contributed by atoms with van der Waals surface area (Å²) in [6.45, 7) is 2.54. The standard InChI is InChI=1S/C26H37NO4/c1-2-3-4-5-6-7-8-9-10-11-12-15-18-31-26(30)22-19-20-16-13-14-17-21(20)23(24(22)28)25(27)29/h13-14,16-17,19,28H,2-12,15,18H2,1H3,(H2,27,29). The van der Waals surface area contributed by atoms with Crippen molar-refractivity contribution in [3.63, 3.8) is 0 Å². The van der Waals surface area contributed by atoms with E-state index in [9.17, 15) is 14.7 Å². The molecule has 0 aliphatic rings. The van der Waals surface area contributed by atoms with Gasteiger partial charge in [-0.1, -0.05) is 102 Å². The van der Waals surface area contributed by atoms with E-state index in [1.54, 1.807) is 30.3 Å². The fourth-order valence-corrected chi connectivity index (χ4v) is 3.93. The monoisotopic (exact) mass is 427 g/mol. The lowest BCUT2D eigenvalue weighted by Crippen LogP contribution is -2.15. The average Bonchev–Trinajstić information content (AvgIpc) is 2.76. The molecular weight excluding hydrogens is 390 g/mol. The quantitative estimate of drug-likeness (QED) is 0.251. The maximum atomic E-state index is 12.5. The van der Waals surface area contributed by atoms with Crippen molar-refractivity contribution < 1.29 is 19.4 Å². The molecule has 5 heteroatoms. The summed E-state index contributed by atoms with van der Waals surface area (Å²) in [7, 11) is 0. The Hall–Kier alpha value is -2.56. The molecule has 2 aromatic rings. The summed E-state index contributed by atoms with van der Waals surface area (Å²) in [5.41, 5.74) is 5.36. The zero-order valence-corrected chi connectivity index (χ0v) is 18.8. The number of unbranched alkanes of at least 4 members (excludes halogenated alkanes) is 11. The van der Waals surface area contributed by atoms with E-state index >= 15 is 0 Å². The average molecular weight is 428 g/mol. The number of aromatic hydroxyl groups is 1. The van der Waals surface area contributed by atoms with Crippen LogP contribution in [0.2, 0.25) is 0 Å². The normalized spacial score (nSPS) is 11.0. The van der Waals surface area contributed by atoms with Gasteiger partial charge in [0.1, 0.15) is 11.3 Å². The molecule has 0 radical (unpaired) electrons. The maximum absolute atomic E-state index is 12.5. The molecule has 0 spiro atoms. The molecule has 5 nitrogen and oxygen atoms in total. The van der Waals surface area contributed by atoms with Crippen LogP contribution in [-0.4, -0.2) is 23.6 Å². The Bertz CT molecular complexity index is 847. The number of hydrogen-bond acceptors (Lipinski definition) is 4. The molecule has 3 N–H and O–H groups in total. The van der Waals surface area contributed by atoms with Crippen LogP contribution in [0.4, 0.5) is 0 Å². The van der Waals surface area contributed by atoms with Crippen LogP contribution in [0.25, 0.3) is 10.8 Å². The molecule has 31 heavy (non-hydrogen) atoms. The van der Waals surface area contributed by atoms with Gasteiger partial charge in [0.05, 0.1) is 12.2 Å². The molecule has 0 atom stereocenters. The molecule has 0 bridgehead atoms. The number of hydrogen-bond donors (Lipinski definition) is 2. The highest BCUT2D eigenvalue weighted by Crippen LogP contribution is 2.31. The van der Waals surface area contributed by atoms with E-state index in [1.807, 2.05) is 0 Å². The predicted molar refractivity (Wildman–Crippen MR) is 125 cm³/mol. The molecule has 0 aliphatic carbocycles. The van der Waals surface area contributed by atoms with Crippen molar-refractivity contribution >= 4 is 22.6 Å². The van der Waals surface area contributed by atoms with Crippen LogP contribution < -0.4 is 5.73 Å². The van der Waals surface area contributed by atoms with Gasteiger partial charge in [-0.15, -0.1) is 0 Å². The summed E-state index contributed by atoms with van der Waals surface area (Å²) in [4.78, 5) is 24.3. The summed E-state index contributed by atoms with van der Waals surface area (Å²) in [6, 6.07) is 8.55. The minimum absolute atomic E-state index is 0.0218. The SMILES string of the molecule is CCCCCCCCCCCCCCOC(=O)c1cc2ccccc2c(C(N)=O)c1O. The Balaban J connectivity index is 1.69. The summed E-state index contributed by atoms with van der Waals surface area (Å²) in [5, 5.41) is 11.6. The predicted octanol–water partition coefficient (Wildman–Crippen LogP) is 6.50. The molecule has 0 heterocycles. The lowest BCUT2D eigenvalue weighted by Gasteiger charge is -2.11. The van der Waals surface area contributed by atoms with Crippen molar-refractivity contribution in [1.82, 2.24) is 0 Å². The number of esters is 1. The van der Waals surface area contributed by atoms with E-state index in [0.29, 0.717) is 17.4 Å². The van der Waals surface area contributed by atoms with Crippen LogP contribution in [-0.2, 0) is 4.74 Å². The number of carbonyl (C=O) groups is 2. The van der Waals surface area contributed by atoms with Gasteiger partial charge in [-0.05, 0) is 23.3 Å². The summed E-state index contributed by atoms with van der Waals surface area (Å²) in [5.74, 6) is -1.82. The van der Waals surface area contributed by atoms with Crippen molar-refractivity contribution in [2.75, 3.05) is 6.61 Å². The van der Waals surface area contributed by atoms with Crippen molar-refractivity contribution in [1.29, 1.82) is 0 Å². The summed E-state index contributed by atoms with van der Waals surface area (Å²) < 4.78 is 5.33. The molecule has 1 amide bonds. The number of ether oxygens (including phenoxy) is 1. The second-order valence-electron chi connectivity index (χ2n) is 8.26. The smallest absolute Gasteiger partial charge is 0.341 e. The minimum atomic E-state index is -0.774. The third-order valence-electron chi connectivity index (χ3n) is 5.72. The first kappa shape index (κ1) is 24.7. The van der Waals surface area contributed by atoms with Crippen molar-refractivity contribution in [2.24, 2.45) is 5.73 Å². The Kier molecular flexibility index (Phi) is 10.9. The number of phenols is 1. The van der Waals surface area contributed by atoms with Gasteiger partial charge in [0, 0.05) is 0 Å². The Labute approximate surface area is 186 Å². The molecule has 0 saturated heterocycles. The molecule has 0 aliphatic heterocycles. The summed E-state index contributed by atoms with van der Waals surface area (Å²) in [6.07, 6.45) is 14.8. The van der Waals surface area contributed by atoms with Gasteiger partial charge in [0.15, 0.2) is 0 Å². The van der Waals surface area contributed by atoms with Crippen LogP contribution in [0.5, 0.6) is 5.75 Å². The highest BCUT2D eigenvalue weighted by molar-refractivity contribution is 6.12. The van der Waals surface area contributed by atoms with Crippen LogP contribution in [0, 0.1) is 0 Å². The first-order valence-corrected chi connectivity index (χ1v) is 11.8. The molecule has 2 rings (SSSR count). The molecule has 0 unspecified atom stereocenters. The van der Waals surface area contributed by atoms with Gasteiger partial charge < -0.3 is 15.6 Å². The Morgan fingerprint density at radius 3 is 2.00 bits per heavy atom. The first-order valence-electron chi connectivity index (χ1n) is 11.8. The second-order valence-corrected chi connectivity index (χ2v) is 8.26. The lowest BCUT2D eigenvalue weighted by atomic mass is 9.99. The fraction of sp³-hybridized carbons (Fsp3) is 0.538. The lowest BCUT2D eigenvalue weighted by molar-refractivity contribution is 0.0494. The molecular formula is C26H37NO4. The number of rotatable bonds is 15. The van der Waals surface area contributed by atoms with Gasteiger partial charge in [0.2, 0.25) is 0 Å². The highest BCUT2D eigenvalue weighted by Gasteiger charge is 2.21. The minimum Gasteiger partial charge on any atom is -0.506 e. The van der Waals surface area contributed by atoms with Gasteiger partial charge in [-0.3, -0.25) is 4.79 Å². The van der Waals surface area contributed by atoms with Crippen molar-refractivity contribution in [2.45, 2.75) is 84.0 Å². The van der Waals surface area contributed by atoms with Crippen LogP contribution in [0.15, 0.2) is 30.3 Å². The largest absolute Gasteiger partial charge is 0.506 e. The van der Waals surface area contributed by atoms with Crippen LogP contribution >= 0.6 is 0 Å².